The Labute approximate surface area is 148 Å². The van der Waals surface area contributed by atoms with E-state index in [1.165, 1.54) is 12.8 Å². The molecular weight excluding hydrogens is 314 g/mol. The van der Waals surface area contributed by atoms with Crippen molar-refractivity contribution in [3.8, 4) is 22.6 Å². The number of hydrogen-bond acceptors (Lipinski definition) is 4. The maximum absolute atomic E-state index is 10.8. The number of fused-ring (bicyclic) bond motifs is 1. The van der Waals surface area contributed by atoms with Gasteiger partial charge in [0.15, 0.2) is 0 Å². The quantitative estimate of drug-likeness (QED) is 0.878. The van der Waals surface area contributed by atoms with Gasteiger partial charge in [-0.1, -0.05) is 12.1 Å². The molecule has 0 amide bonds. The summed E-state index contributed by atoms with van der Waals surface area (Å²) in [5.74, 6) is 1.06. The summed E-state index contributed by atoms with van der Waals surface area (Å²) in [6, 6.07) is 9.67. The van der Waals surface area contributed by atoms with E-state index in [0.29, 0.717) is 6.61 Å². The fraction of sp³-hybridized carbons (Fsp3) is 0.429. The number of ether oxygens (including phenoxy) is 1. The van der Waals surface area contributed by atoms with Crippen molar-refractivity contribution in [3.05, 3.63) is 47.0 Å². The van der Waals surface area contributed by atoms with Gasteiger partial charge in [0.2, 0.25) is 0 Å². The molecule has 0 bridgehead atoms. The van der Waals surface area contributed by atoms with Crippen molar-refractivity contribution in [2.75, 3.05) is 19.7 Å². The summed E-state index contributed by atoms with van der Waals surface area (Å²) in [6.07, 6.45) is 1.90. The number of likely N-dealkylation sites (tertiary alicyclic amines) is 1. The van der Waals surface area contributed by atoms with Gasteiger partial charge in [-0.05, 0) is 80.2 Å². The van der Waals surface area contributed by atoms with Crippen molar-refractivity contribution >= 4 is 0 Å². The summed E-state index contributed by atoms with van der Waals surface area (Å²) in [5, 5.41) is 20.6. The molecule has 0 spiro atoms. The Bertz CT molecular complexity index is 773. The Morgan fingerprint density at radius 2 is 1.72 bits per heavy atom. The van der Waals surface area contributed by atoms with Gasteiger partial charge < -0.3 is 14.9 Å². The van der Waals surface area contributed by atoms with Gasteiger partial charge in [0, 0.05) is 5.56 Å². The molecule has 2 atom stereocenters. The molecule has 25 heavy (non-hydrogen) atoms. The van der Waals surface area contributed by atoms with Crippen LogP contribution < -0.4 is 4.74 Å². The number of aliphatic hydroxyl groups is 1. The number of phenolic OH excluding ortho intramolecular Hbond substituents is 1. The maximum atomic E-state index is 10.8. The molecule has 0 aromatic heterocycles. The molecule has 0 unspecified atom stereocenters. The highest BCUT2D eigenvalue weighted by atomic mass is 16.5. The molecular formula is C21H25NO3. The Kier molecular flexibility index (Phi) is 4.18. The number of aliphatic hydroxyl groups excluding tert-OH is 1. The standard InChI is InChI=1S/C21H25NO3/c1-13-9-16(23)10-14(2)20(13)15-5-6-17-19(11-15)25-12-18(21(17)24)22-7-3-4-8-22/h5-6,9-11,18,21,23-24H,3-4,7-8,12H2,1-2H3/t18-,21-/m1/s1. The number of phenols is 1. The molecule has 132 valence electrons. The smallest absolute Gasteiger partial charge is 0.125 e. The number of nitrogens with zero attached hydrogens (tertiary/aromatic N) is 1. The Morgan fingerprint density at radius 1 is 1.04 bits per heavy atom. The number of hydrogen-bond donors (Lipinski definition) is 2. The van der Waals surface area contributed by atoms with E-state index in [0.717, 1.165) is 46.7 Å². The topological polar surface area (TPSA) is 52.9 Å². The fourth-order valence-corrected chi connectivity index (χ4v) is 4.31. The molecule has 2 heterocycles. The summed E-state index contributed by atoms with van der Waals surface area (Å²) >= 11 is 0. The SMILES string of the molecule is Cc1cc(O)cc(C)c1-c1ccc2c(c1)OC[C@@H](N1CCCC1)[C@@H]2O. The van der Waals surface area contributed by atoms with Crippen LogP contribution in [0.3, 0.4) is 0 Å². The van der Waals surface area contributed by atoms with Crippen LogP contribution in [0.25, 0.3) is 11.1 Å². The van der Waals surface area contributed by atoms with Crippen LogP contribution in [0.1, 0.15) is 35.6 Å². The average molecular weight is 339 g/mol. The lowest BCUT2D eigenvalue weighted by atomic mass is 9.91. The van der Waals surface area contributed by atoms with Crippen LogP contribution in [0.15, 0.2) is 30.3 Å². The summed E-state index contributed by atoms with van der Waals surface area (Å²) in [6.45, 7) is 6.63. The van der Waals surface area contributed by atoms with Crippen molar-refractivity contribution in [2.24, 2.45) is 0 Å². The summed E-state index contributed by atoms with van der Waals surface area (Å²) < 4.78 is 6.03. The van der Waals surface area contributed by atoms with E-state index >= 15 is 0 Å². The van der Waals surface area contributed by atoms with Crippen LogP contribution in [0.5, 0.6) is 11.5 Å². The van der Waals surface area contributed by atoms with Gasteiger partial charge in [0.1, 0.15) is 24.2 Å². The maximum Gasteiger partial charge on any atom is 0.125 e. The van der Waals surface area contributed by atoms with Gasteiger partial charge in [-0.2, -0.15) is 0 Å². The molecule has 2 aliphatic rings. The third-order valence-electron chi connectivity index (χ3n) is 5.52. The molecule has 0 aliphatic carbocycles. The van der Waals surface area contributed by atoms with Crippen LogP contribution in [-0.2, 0) is 0 Å². The van der Waals surface area contributed by atoms with Crippen LogP contribution in [0.4, 0.5) is 0 Å². The number of aryl methyl sites for hydroxylation is 2. The third kappa shape index (κ3) is 2.90. The van der Waals surface area contributed by atoms with Crippen LogP contribution in [0.2, 0.25) is 0 Å². The van der Waals surface area contributed by atoms with Crippen molar-refractivity contribution in [3.63, 3.8) is 0 Å². The van der Waals surface area contributed by atoms with E-state index < -0.39 is 6.10 Å². The zero-order valence-corrected chi connectivity index (χ0v) is 14.8. The van der Waals surface area contributed by atoms with Crippen LogP contribution >= 0.6 is 0 Å². The van der Waals surface area contributed by atoms with Gasteiger partial charge in [-0.3, -0.25) is 4.90 Å². The molecule has 2 aromatic rings. The minimum absolute atomic E-state index is 0.0537. The lowest BCUT2D eigenvalue weighted by Gasteiger charge is -2.36. The van der Waals surface area contributed by atoms with Gasteiger partial charge in [0.05, 0.1) is 6.04 Å². The third-order valence-corrected chi connectivity index (χ3v) is 5.52. The first-order chi connectivity index (χ1) is 12.0. The molecule has 1 fully saturated rings. The minimum atomic E-state index is -0.502. The Morgan fingerprint density at radius 3 is 2.40 bits per heavy atom. The molecule has 2 aliphatic heterocycles. The molecule has 1 saturated heterocycles. The highest BCUT2D eigenvalue weighted by Crippen LogP contribution is 2.39. The number of rotatable bonds is 2. The first-order valence-corrected chi connectivity index (χ1v) is 9.04. The van der Waals surface area contributed by atoms with Crippen molar-refractivity contribution in [1.29, 1.82) is 0 Å². The van der Waals surface area contributed by atoms with Crippen LogP contribution in [-0.4, -0.2) is 40.9 Å². The minimum Gasteiger partial charge on any atom is -0.508 e. The molecule has 4 heteroatoms. The van der Waals surface area contributed by atoms with Crippen molar-refractivity contribution < 1.29 is 14.9 Å². The Balaban J connectivity index is 1.68. The largest absolute Gasteiger partial charge is 0.508 e. The zero-order chi connectivity index (χ0) is 17.6. The number of benzene rings is 2. The average Bonchev–Trinajstić information content (AvgIpc) is 3.08. The van der Waals surface area contributed by atoms with Gasteiger partial charge in [-0.25, -0.2) is 0 Å². The highest BCUT2D eigenvalue weighted by Gasteiger charge is 2.35. The lowest BCUT2D eigenvalue weighted by molar-refractivity contribution is 0.0140. The zero-order valence-electron chi connectivity index (χ0n) is 14.8. The second-order valence-electron chi connectivity index (χ2n) is 7.27. The lowest BCUT2D eigenvalue weighted by Crippen LogP contribution is -2.44. The molecule has 0 saturated carbocycles. The number of aromatic hydroxyl groups is 1. The predicted molar refractivity (Wildman–Crippen MR) is 98.1 cm³/mol. The fourth-order valence-electron chi connectivity index (χ4n) is 4.31. The summed E-state index contributed by atoms with van der Waals surface area (Å²) in [7, 11) is 0. The van der Waals surface area contributed by atoms with E-state index in [1.807, 2.05) is 32.0 Å². The highest BCUT2D eigenvalue weighted by molar-refractivity contribution is 5.73. The Hall–Kier alpha value is -2.04. The van der Waals surface area contributed by atoms with E-state index in [9.17, 15) is 10.2 Å². The van der Waals surface area contributed by atoms with Gasteiger partial charge in [0.25, 0.3) is 0 Å². The predicted octanol–water partition coefficient (Wildman–Crippen LogP) is 3.57. The summed E-state index contributed by atoms with van der Waals surface area (Å²) in [5.41, 5.74) is 5.11. The second-order valence-corrected chi connectivity index (χ2v) is 7.27. The van der Waals surface area contributed by atoms with Gasteiger partial charge >= 0.3 is 0 Å². The molecule has 4 rings (SSSR count). The first kappa shape index (κ1) is 16.4. The van der Waals surface area contributed by atoms with Gasteiger partial charge in [-0.15, -0.1) is 0 Å². The molecule has 2 N–H and O–H groups in total. The monoisotopic (exact) mass is 339 g/mol. The van der Waals surface area contributed by atoms with E-state index in [1.54, 1.807) is 12.1 Å². The van der Waals surface area contributed by atoms with Crippen molar-refractivity contribution in [2.45, 2.75) is 38.8 Å². The first-order valence-electron chi connectivity index (χ1n) is 9.04. The summed E-state index contributed by atoms with van der Waals surface area (Å²) in [4.78, 5) is 2.34. The molecule has 0 radical (unpaired) electrons. The van der Waals surface area contributed by atoms with E-state index in [4.69, 9.17) is 4.74 Å². The molecule has 2 aromatic carbocycles. The van der Waals surface area contributed by atoms with Crippen LogP contribution in [0, 0.1) is 13.8 Å². The normalized spacial score (nSPS) is 23.3. The molecule has 4 nitrogen and oxygen atoms in total. The van der Waals surface area contributed by atoms with E-state index in [2.05, 4.69) is 4.90 Å². The van der Waals surface area contributed by atoms with E-state index in [-0.39, 0.29) is 11.8 Å². The second kappa shape index (κ2) is 6.36. The van der Waals surface area contributed by atoms with Crippen molar-refractivity contribution in [1.82, 2.24) is 4.90 Å².